The second-order valence-corrected chi connectivity index (χ2v) is 17.2. The fraction of sp³-hybridized carbons (Fsp3) is 0.675. The first-order valence-electron chi connectivity index (χ1n) is 19.5. The predicted octanol–water partition coefficient (Wildman–Crippen LogP) is 3.65. The molecule has 18 heteroatoms. The minimum Gasteiger partial charge on any atom is -0.455 e. The van der Waals surface area contributed by atoms with Gasteiger partial charge in [0.15, 0.2) is 17.7 Å². The summed E-state index contributed by atoms with van der Waals surface area (Å²) in [4.78, 5) is 59.4. The zero-order valence-electron chi connectivity index (χ0n) is 34.5. The zero-order chi connectivity index (χ0) is 42.7. The number of thiophene rings is 1. The summed E-state index contributed by atoms with van der Waals surface area (Å²) in [7, 11) is 3.61. The molecule has 318 valence electrons. The smallest absolute Gasteiger partial charge is 0.408 e. The highest BCUT2D eigenvalue weighted by Gasteiger charge is 2.58. The number of ether oxygens (including phenoxy) is 5. The van der Waals surface area contributed by atoms with Crippen LogP contribution in [0.25, 0.3) is 10.7 Å². The molecule has 3 saturated heterocycles. The standard InChI is InChI=1S/C40H55FN6O10S/c1-11-17-47-44-34(43-45-47)27-16-15-25(58-27)14-13-18-53-38(6)21-22(3)31(49)24(5)33-40(8,57-37(52)42-33)29(12-2)56-36(51)39(7,41)28(48)20-30(38)55-35-32(50)26(46(9)10)19-23(4)54-35/h11,15-16,22-24,26,29-30,32-33,35,50H,1,12,17-21H2,2-10H3,(H,42,52)/t22-,23-,24+,26+,29-,30-,32-,33?,35?,38+,39+,40-/m1/s1. The number of esters is 1. The monoisotopic (exact) mass is 830 g/mol. The first-order valence-corrected chi connectivity index (χ1v) is 20.3. The van der Waals surface area contributed by atoms with Gasteiger partial charge in [-0.1, -0.05) is 38.7 Å². The molecule has 5 rings (SSSR count). The SMILES string of the molecule is C=CCn1nnc(-c2ccc(C#CCO[C@@]3(C)C[C@@H](C)C(=O)[C@H](C)C4NC(=O)O[C@]4(C)[C@@H](CC)OC(=O)[C@@](C)(F)C(=O)C[C@H]3OC3O[C@H](C)C[C@H](N(C)C)[C@H]3O)s2)n1. The van der Waals surface area contributed by atoms with E-state index in [1.54, 1.807) is 53.9 Å². The molecule has 16 nitrogen and oxygen atoms in total. The molecule has 0 spiro atoms. The first-order chi connectivity index (χ1) is 27.2. The number of likely N-dealkylation sites (N-methyl/N-ethyl adjacent to an activating group) is 1. The van der Waals surface area contributed by atoms with E-state index >= 15 is 4.39 Å². The lowest BCUT2D eigenvalue weighted by atomic mass is 9.75. The lowest BCUT2D eigenvalue weighted by molar-refractivity contribution is -0.290. The van der Waals surface area contributed by atoms with Crippen LogP contribution in [0.4, 0.5) is 9.18 Å². The highest BCUT2D eigenvalue weighted by molar-refractivity contribution is 7.15. The maximum absolute atomic E-state index is 16.6. The summed E-state index contributed by atoms with van der Waals surface area (Å²) in [6.07, 6.45) is -4.91. The van der Waals surface area contributed by atoms with Crippen LogP contribution in [0, 0.1) is 23.7 Å². The Kier molecular flexibility index (Phi) is 14.0. The maximum Gasteiger partial charge on any atom is 0.408 e. The fourth-order valence-corrected chi connectivity index (χ4v) is 8.79. The normalized spacial score (nSPS) is 36.2. The molecule has 3 fully saturated rings. The van der Waals surface area contributed by atoms with E-state index < -0.39 is 89.7 Å². The van der Waals surface area contributed by atoms with Gasteiger partial charge in [0.1, 0.15) is 24.6 Å². The van der Waals surface area contributed by atoms with E-state index in [0.29, 0.717) is 23.7 Å². The van der Waals surface area contributed by atoms with Crippen LogP contribution < -0.4 is 5.32 Å². The number of carbonyl (C=O) groups is 4. The Labute approximate surface area is 342 Å². The van der Waals surface area contributed by atoms with Gasteiger partial charge in [-0.3, -0.25) is 9.59 Å². The number of amides is 1. The van der Waals surface area contributed by atoms with Crippen molar-refractivity contribution in [1.29, 1.82) is 0 Å². The van der Waals surface area contributed by atoms with Crippen molar-refractivity contribution in [2.24, 2.45) is 11.8 Å². The van der Waals surface area contributed by atoms with Gasteiger partial charge in [-0.2, -0.15) is 4.80 Å². The number of tetrazole rings is 1. The molecule has 2 unspecified atom stereocenters. The fourth-order valence-electron chi connectivity index (χ4n) is 7.98. The van der Waals surface area contributed by atoms with Crippen molar-refractivity contribution in [2.75, 3.05) is 20.7 Å². The van der Waals surface area contributed by atoms with Crippen molar-refractivity contribution in [1.82, 2.24) is 30.4 Å². The van der Waals surface area contributed by atoms with E-state index in [0.717, 1.165) is 11.8 Å². The molecular weight excluding hydrogens is 776 g/mol. The molecule has 12 atom stereocenters. The number of nitrogens with one attached hydrogen (secondary N) is 1. The number of cyclic esters (lactones) is 1. The van der Waals surface area contributed by atoms with Crippen LogP contribution in [0.2, 0.25) is 0 Å². The van der Waals surface area contributed by atoms with E-state index in [-0.39, 0.29) is 31.3 Å². The largest absolute Gasteiger partial charge is 0.455 e. The van der Waals surface area contributed by atoms with Crippen LogP contribution >= 0.6 is 11.3 Å². The van der Waals surface area contributed by atoms with Crippen LogP contribution in [0.3, 0.4) is 0 Å². The molecule has 58 heavy (non-hydrogen) atoms. The number of aliphatic hydroxyl groups excluding tert-OH is 1. The van der Waals surface area contributed by atoms with Gasteiger partial charge in [0.25, 0.3) is 5.67 Å². The number of ketones is 2. The van der Waals surface area contributed by atoms with E-state index in [9.17, 15) is 24.3 Å². The van der Waals surface area contributed by atoms with Crippen LogP contribution in [-0.4, -0.2) is 134 Å². The molecular formula is C40H55FN6O10S. The number of Topliss-reactive ketones (excluding diaryl/α,β-unsaturated/α-hetero) is 2. The molecule has 3 aliphatic heterocycles. The Balaban J connectivity index is 1.53. The minimum atomic E-state index is -3.19. The third-order valence-electron chi connectivity index (χ3n) is 11.4. The Morgan fingerprint density at radius 2 is 1.91 bits per heavy atom. The Bertz CT molecular complexity index is 1910. The third-order valence-corrected chi connectivity index (χ3v) is 12.4. The Hall–Kier alpha value is -4.12. The first kappa shape index (κ1) is 45.0. The lowest BCUT2D eigenvalue weighted by Crippen LogP contribution is -2.60. The van der Waals surface area contributed by atoms with E-state index in [1.165, 1.54) is 23.1 Å². The van der Waals surface area contributed by atoms with Gasteiger partial charge in [0, 0.05) is 24.3 Å². The van der Waals surface area contributed by atoms with Crippen molar-refractivity contribution >= 4 is 35.0 Å². The van der Waals surface area contributed by atoms with Crippen LogP contribution in [0.5, 0.6) is 0 Å². The lowest BCUT2D eigenvalue weighted by Gasteiger charge is -2.46. The van der Waals surface area contributed by atoms with Gasteiger partial charge in [0.2, 0.25) is 5.82 Å². The van der Waals surface area contributed by atoms with Crippen LogP contribution in [-0.2, 0) is 44.6 Å². The third kappa shape index (κ3) is 9.50. The van der Waals surface area contributed by atoms with Crippen molar-refractivity contribution in [3.8, 4) is 22.5 Å². The minimum absolute atomic E-state index is 0.0796. The number of allylic oxidation sites excluding steroid dienone is 1. The molecule has 1 amide bonds. The van der Waals surface area contributed by atoms with E-state index in [4.69, 9.17) is 23.7 Å². The van der Waals surface area contributed by atoms with Crippen molar-refractivity contribution in [3.05, 3.63) is 29.7 Å². The number of aromatic nitrogens is 4. The van der Waals surface area contributed by atoms with Gasteiger partial charge in [0.05, 0.1) is 40.1 Å². The maximum atomic E-state index is 16.6. The van der Waals surface area contributed by atoms with Crippen molar-refractivity contribution in [2.45, 2.75) is 140 Å². The summed E-state index contributed by atoms with van der Waals surface area (Å²) in [5, 5.41) is 26.6. The van der Waals surface area contributed by atoms with Crippen LogP contribution in [0.1, 0.15) is 79.0 Å². The van der Waals surface area contributed by atoms with E-state index in [1.807, 2.05) is 17.9 Å². The Morgan fingerprint density at radius 1 is 1.19 bits per heavy atom. The molecule has 0 radical (unpaired) electrons. The number of alkyl halides is 1. The summed E-state index contributed by atoms with van der Waals surface area (Å²) in [6, 6.07) is 2.24. The van der Waals surface area contributed by atoms with Gasteiger partial charge in [-0.25, -0.2) is 14.0 Å². The number of aliphatic hydroxyl groups is 1. The number of alkyl carbamates (subject to hydrolysis) is 1. The molecule has 5 heterocycles. The zero-order valence-corrected chi connectivity index (χ0v) is 35.3. The second kappa shape index (κ2) is 18.0. The van der Waals surface area contributed by atoms with Gasteiger partial charge in [-0.15, -0.1) is 28.1 Å². The molecule has 3 aliphatic rings. The molecule has 0 bridgehead atoms. The number of nitrogens with zero attached hydrogens (tertiary/aromatic N) is 5. The summed E-state index contributed by atoms with van der Waals surface area (Å²) in [5.41, 5.74) is -6.35. The molecule has 0 saturated carbocycles. The second-order valence-electron chi connectivity index (χ2n) is 16.1. The van der Waals surface area contributed by atoms with E-state index in [2.05, 4.69) is 39.1 Å². The summed E-state index contributed by atoms with van der Waals surface area (Å²) >= 11 is 1.34. The highest BCUT2D eigenvalue weighted by Crippen LogP contribution is 2.40. The molecule has 2 N–H and O–H groups in total. The number of fused-ring (bicyclic) bond motifs is 1. The predicted molar refractivity (Wildman–Crippen MR) is 209 cm³/mol. The number of carbonyl (C=O) groups excluding carboxylic acids is 4. The van der Waals surface area contributed by atoms with Crippen molar-refractivity contribution < 1.29 is 52.4 Å². The Morgan fingerprint density at radius 3 is 2.59 bits per heavy atom. The molecule has 2 aromatic heterocycles. The number of hydrogen-bond acceptors (Lipinski definition) is 15. The molecule has 2 aromatic rings. The van der Waals surface area contributed by atoms with Gasteiger partial charge < -0.3 is 39.0 Å². The quantitative estimate of drug-likeness (QED) is 0.161. The summed E-state index contributed by atoms with van der Waals surface area (Å²) < 4.78 is 47.0. The van der Waals surface area contributed by atoms with Crippen molar-refractivity contribution in [3.63, 3.8) is 0 Å². The number of hydrogen-bond donors (Lipinski definition) is 2. The van der Waals surface area contributed by atoms with Gasteiger partial charge >= 0.3 is 12.1 Å². The summed E-state index contributed by atoms with van der Waals surface area (Å²) in [6.45, 7) is 14.6. The average Bonchev–Trinajstić information content (AvgIpc) is 3.91. The average molecular weight is 831 g/mol. The number of halogens is 1. The molecule has 0 aromatic carbocycles. The van der Waals surface area contributed by atoms with Crippen LogP contribution in [0.15, 0.2) is 24.8 Å². The van der Waals surface area contributed by atoms with Gasteiger partial charge in [-0.05, 0) is 78.4 Å². The topological polar surface area (TPSA) is 194 Å². The number of rotatable bonds is 9. The highest BCUT2D eigenvalue weighted by atomic mass is 32.1. The summed E-state index contributed by atoms with van der Waals surface area (Å²) in [5.74, 6) is 1.82. The molecule has 0 aliphatic carbocycles.